The standard InChI is InChI=1S/C8H8ClNO2/c1-6-7(3-2-4-10-6)12-8(11)5-9/h2-4H,5H2,1H3. The van der Waals surface area contributed by atoms with Crippen molar-refractivity contribution in [2.24, 2.45) is 0 Å². The second-order valence-electron chi connectivity index (χ2n) is 2.19. The molecule has 1 aromatic heterocycles. The number of carbonyl (C=O) groups excluding carboxylic acids is 1. The van der Waals surface area contributed by atoms with Gasteiger partial charge in [-0.3, -0.25) is 9.78 Å². The summed E-state index contributed by atoms with van der Waals surface area (Å²) in [6, 6.07) is 3.37. The number of hydrogen-bond donors (Lipinski definition) is 0. The van der Waals surface area contributed by atoms with Crippen LogP contribution < -0.4 is 4.74 Å². The maximum atomic E-state index is 10.8. The van der Waals surface area contributed by atoms with Gasteiger partial charge in [0.15, 0.2) is 5.75 Å². The van der Waals surface area contributed by atoms with Crippen LogP contribution in [0.4, 0.5) is 0 Å². The Morgan fingerprint density at radius 2 is 2.50 bits per heavy atom. The molecule has 0 amide bonds. The molecule has 0 saturated carbocycles. The Hall–Kier alpha value is -1.09. The molecule has 1 heterocycles. The van der Waals surface area contributed by atoms with Crippen LogP contribution in [-0.2, 0) is 4.79 Å². The van der Waals surface area contributed by atoms with Crippen molar-refractivity contribution in [1.82, 2.24) is 4.98 Å². The average molecular weight is 186 g/mol. The molecule has 0 saturated heterocycles. The fourth-order valence-electron chi connectivity index (χ4n) is 0.727. The molecule has 4 heteroatoms. The Bertz CT molecular complexity index is 288. The van der Waals surface area contributed by atoms with Crippen LogP contribution in [0.2, 0.25) is 0 Å². The first-order chi connectivity index (χ1) is 5.74. The summed E-state index contributed by atoms with van der Waals surface area (Å²) in [5.74, 6) is -0.148. The zero-order chi connectivity index (χ0) is 8.97. The van der Waals surface area contributed by atoms with E-state index in [1.807, 2.05) is 0 Å². The molecule has 0 fully saturated rings. The Morgan fingerprint density at radius 1 is 1.75 bits per heavy atom. The number of alkyl halides is 1. The SMILES string of the molecule is Cc1ncccc1OC(=O)CCl. The summed E-state index contributed by atoms with van der Waals surface area (Å²) < 4.78 is 4.86. The first-order valence-corrected chi connectivity index (χ1v) is 3.95. The highest BCUT2D eigenvalue weighted by Crippen LogP contribution is 2.13. The third-order valence-corrected chi connectivity index (χ3v) is 1.51. The van der Waals surface area contributed by atoms with Crippen LogP contribution in [0, 0.1) is 6.92 Å². The minimum atomic E-state index is -0.465. The van der Waals surface area contributed by atoms with Gasteiger partial charge in [-0.25, -0.2) is 0 Å². The Kier molecular flexibility index (Phi) is 3.05. The van der Waals surface area contributed by atoms with Crippen LogP contribution in [0.1, 0.15) is 5.69 Å². The molecular formula is C8H8ClNO2. The monoisotopic (exact) mass is 185 g/mol. The molecule has 12 heavy (non-hydrogen) atoms. The number of hydrogen-bond acceptors (Lipinski definition) is 3. The van der Waals surface area contributed by atoms with Gasteiger partial charge in [0.25, 0.3) is 0 Å². The number of aromatic nitrogens is 1. The van der Waals surface area contributed by atoms with Crippen molar-refractivity contribution >= 4 is 17.6 Å². The third-order valence-electron chi connectivity index (χ3n) is 1.29. The predicted molar refractivity (Wildman–Crippen MR) is 45.3 cm³/mol. The van der Waals surface area contributed by atoms with Crippen LogP contribution in [-0.4, -0.2) is 16.8 Å². The van der Waals surface area contributed by atoms with Crippen molar-refractivity contribution < 1.29 is 9.53 Å². The molecule has 0 N–H and O–H groups in total. The highest BCUT2D eigenvalue weighted by molar-refractivity contribution is 6.26. The Labute approximate surface area is 75.3 Å². The van der Waals surface area contributed by atoms with Gasteiger partial charge in [-0.2, -0.15) is 0 Å². The summed E-state index contributed by atoms with van der Waals surface area (Å²) in [6.45, 7) is 1.76. The van der Waals surface area contributed by atoms with Gasteiger partial charge < -0.3 is 4.74 Å². The van der Waals surface area contributed by atoms with Gasteiger partial charge in [0.2, 0.25) is 0 Å². The molecule has 0 unspecified atom stereocenters. The summed E-state index contributed by atoms with van der Waals surface area (Å²) in [5, 5.41) is 0. The van der Waals surface area contributed by atoms with Crippen molar-refractivity contribution in [2.45, 2.75) is 6.92 Å². The van der Waals surface area contributed by atoms with Crippen molar-refractivity contribution in [3.05, 3.63) is 24.0 Å². The van der Waals surface area contributed by atoms with E-state index in [0.29, 0.717) is 11.4 Å². The summed E-state index contributed by atoms with van der Waals surface area (Å²) in [4.78, 5) is 14.7. The fourth-order valence-corrected chi connectivity index (χ4v) is 0.782. The second kappa shape index (κ2) is 4.07. The number of pyridine rings is 1. The lowest BCUT2D eigenvalue weighted by molar-refractivity contribution is -0.131. The number of nitrogens with zero attached hydrogens (tertiary/aromatic N) is 1. The van der Waals surface area contributed by atoms with Crippen molar-refractivity contribution in [2.75, 3.05) is 5.88 Å². The van der Waals surface area contributed by atoms with E-state index in [1.54, 1.807) is 25.3 Å². The molecule has 0 aromatic carbocycles. The number of rotatable bonds is 2. The van der Waals surface area contributed by atoms with Crippen molar-refractivity contribution in [1.29, 1.82) is 0 Å². The number of halogens is 1. The van der Waals surface area contributed by atoms with Crippen LogP contribution in [0.3, 0.4) is 0 Å². The van der Waals surface area contributed by atoms with E-state index in [1.165, 1.54) is 0 Å². The van der Waals surface area contributed by atoms with Crippen molar-refractivity contribution in [3.8, 4) is 5.75 Å². The highest BCUT2D eigenvalue weighted by atomic mass is 35.5. The lowest BCUT2D eigenvalue weighted by Gasteiger charge is -2.03. The van der Waals surface area contributed by atoms with E-state index in [4.69, 9.17) is 16.3 Å². The quantitative estimate of drug-likeness (QED) is 0.518. The number of carbonyl (C=O) groups is 1. The average Bonchev–Trinajstić information content (AvgIpc) is 2.09. The largest absolute Gasteiger partial charge is 0.424 e. The molecule has 64 valence electrons. The van der Waals surface area contributed by atoms with Gasteiger partial charge >= 0.3 is 5.97 Å². The molecule has 0 radical (unpaired) electrons. The lowest BCUT2D eigenvalue weighted by Crippen LogP contribution is -2.09. The molecule has 0 aliphatic rings. The zero-order valence-electron chi connectivity index (χ0n) is 6.58. The van der Waals surface area contributed by atoms with E-state index < -0.39 is 5.97 Å². The number of ether oxygens (including phenoxy) is 1. The van der Waals surface area contributed by atoms with Crippen LogP contribution >= 0.6 is 11.6 Å². The fraction of sp³-hybridized carbons (Fsp3) is 0.250. The predicted octanol–water partition coefficient (Wildman–Crippen LogP) is 1.53. The van der Waals surface area contributed by atoms with Gasteiger partial charge in [0, 0.05) is 6.20 Å². The lowest BCUT2D eigenvalue weighted by atomic mass is 10.3. The minimum absolute atomic E-state index is 0.145. The van der Waals surface area contributed by atoms with E-state index >= 15 is 0 Å². The second-order valence-corrected chi connectivity index (χ2v) is 2.46. The van der Waals surface area contributed by atoms with Crippen LogP contribution in [0.25, 0.3) is 0 Å². The molecule has 1 aromatic rings. The maximum absolute atomic E-state index is 10.8. The van der Waals surface area contributed by atoms with E-state index in [-0.39, 0.29) is 5.88 Å². The molecule has 0 atom stereocenters. The van der Waals surface area contributed by atoms with E-state index in [2.05, 4.69) is 4.98 Å². The van der Waals surface area contributed by atoms with Crippen molar-refractivity contribution in [3.63, 3.8) is 0 Å². The van der Waals surface area contributed by atoms with Gasteiger partial charge in [-0.1, -0.05) is 0 Å². The van der Waals surface area contributed by atoms with Gasteiger partial charge in [0.1, 0.15) is 5.88 Å². The molecule has 0 bridgehead atoms. The van der Waals surface area contributed by atoms with Gasteiger partial charge in [-0.15, -0.1) is 11.6 Å². The van der Waals surface area contributed by atoms with Gasteiger partial charge in [-0.05, 0) is 19.1 Å². The summed E-state index contributed by atoms with van der Waals surface area (Å²) in [5.41, 5.74) is 0.677. The summed E-state index contributed by atoms with van der Waals surface area (Å²) in [7, 11) is 0. The Morgan fingerprint density at radius 3 is 3.08 bits per heavy atom. The molecule has 1 rings (SSSR count). The number of esters is 1. The first kappa shape index (κ1) is 9.00. The molecule has 3 nitrogen and oxygen atoms in total. The first-order valence-electron chi connectivity index (χ1n) is 3.42. The molecular weight excluding hydrogens is 178 g/mol. The summed E-state index contributed by atoms with van der Waals surface area (Å²) in [6.07, 6.45) is 1.63. The molecule has 0 aliphatic heterocycles. The minimum Gasteiger partial charge on any atom is -0.424 e. The summed E-state index contributed by atoms with van der Waals surface area (Å²) >= 11 is 5.26. The topological polar surface area (TPSA) is 39.2 Å². The highest BCUT2D eigenvalue weighted by Gasteiger charge is 2.04. The molecule has 0 spiro atoms. The van der Waals surface area contributed by atoms with E-state index in [0.717, 1.165) is 0 Å². The van der Waals surface area contributed by atoms with E-state index in [9.17, 15) is 4.79 Å². The maximum Gasteiger partial charge on any atom is 0.326 e. The van der Waals surface area contributed by atoms with Crippen LogP contribution in [0.15, 0.2) is 18.3 Å². The Balaban J connectivity index is 2.75. The van der Waals surface area contributed by atoms with Gasteiger partial charge in [0.05, 0.1) is 5.69 Å². The third kappa shape index (κ3) is 2.20. The van der Waals surface area contributed by atoms with Crippen LogP contribution in [0.5, 0.6) is 5.75 Å². The zero-order valence-corrected chi connectivity index (χ0v) is 7.34. The normalized spacial score (nSPS) is 9.50. The molecule has 0 aliphatic carbocycles. The number of aryl methyl sites for hydroxylation is 1. The smallest absolute Gasteiger partial charge is 0.326 e.